The van der Waals surface area contributed by atoms with E-state index >= 15 is 0 Å². The first-order valence-corrected chi connectivity index (χ1v) is 30.9. The number of halogens is 5. The lowest BCUT2D eigenvalue weighted by Crippen LogP contribution is -2.44. The Hall–Kier alpha value is -8.64. The number of ketones is 2. The Kier molecular flexibility index (Phi) is 20.0. The van der Waals surface area contributed by atoms with Gasteiger partial charge in [-0.25, -0.2) is 38.7 Å². The number of thiazole rings is 2. The molecule has 4 aromatic carbocycles. The summed E-state index contributed by atoms with van der Waals surface area (Å²) in [6.45, 7) is 5.43. The van der Waals surface area contributed by atoms with Gasteiger partial charge < -0.3 is 30.5 Å². The van der Waals surface area contributed by atoms with Crippen molar-refractivity contribution in [1.29, 1.82) is 0 Å². The number of nitrogens with one attached hydrogen (secondary N) is 2. The van der Waals surface area contributed by atoms with E-state index in [9.17, 15) is 37.5 Å². The molecule has 0 bridgehead atoms. The Morgan fingerprint density at radius 1 is 0.622 bits per heavy atom. The number of Topliss-reactive ketones (excluding diaryl/α,β-unsaturated/α-hetero) is 2. The first kappa shape index (κ1) is 64.4. The van der Waals surface area contributed by atoms with Crippen LogP contribution in [0.3, 0.4) is 0 Å². The normalized spacial score (nSPS) is 16.1. The van der Waals surface area contributed by atoms with Crippen LogP contribution < -0.4 is 16.1 Å². The number of aryl methyl sites for hydroxylation is 2. The zero-order chi connectivity index (χ0) is 64.1. The third-order valence-corrected chi connectivity index (χ3v) is 17.4. The van der Waals surface area contributed by atoms with Crippen molar-refractivity contribution in [3.05, 3.63) is 158 Å². The molecular formula is C60H52BBrCl2F2N14O8S2. The van der Waals surface area contributed by atoms with Crippen LogP contribution in [0.1, 0.15) is 59.3 Å². The van der Waals surface area contributed by atoms with Gasteiger partial charge in [0.2, 0.25) is 23.6 Å². The number of anilines is 2. The monoisotopic (exact) mass is 1360 g/mol. The first-order chi connectivity index (χ1) is 43.1. The van der Waals surface area contributed by atoms with Crippen LogP contribution in [-0.4, -0.2) is 149 Å². The molecule has 4 atom stereocenters. The minimum atomic E-state index is -1.48. The summed E-state index contributed by atoms with van der Waals surface area (Å²) in [6.07, 6.45) is 3.84. The van der Waals surface area contributed by atoms with Gasteiger partial charge in [0.25, 0.3) is 0 Å². The lowest BCUT2D eigenvalue weighted by Gasteiger charge is -2.23. The van der Waals surface area contributed by atoms with Crippen molar-refractivity contribution in [1.82, 2.24) is 59.3 Å². The van der Waals surface area contributed by atoms with Gasteiger partial charge in [0.15, 0.2) is 21.8 Å². The highest BCUT2D eigenvalue weighted by Crippen LogP contribution is 2.33. The zero-order valence-electron chi connectivity index (χ0n) is 48.1. The maximum atomic E-state index is 14.6. The van der Waals surface area contributed by atoms with E-state index in [2.05, 4.69) is 66.7 Å². The van der Waals surface area contributed by atoms with Crippen LogP contribution in [0.2, 0.25) is 10.0 Å². The van der Waals surface area contributed by atoms with Crippen LogP contribution in [-0.2, 0) is 32.3 Å². The number of hydrogen-bond donors (Lipinski definition) is 4. The van der Waals surface area contributed by atoms with Crippen LogP contribution in [0.4, 0.5) is 19.0 Å². The predicted molar refractivity (Wildman–Crippen MR) is 342 cm³/mol. The number of nitrogens with zero attached hydrogens (tertiary/aromatic N) is 12. The van der Waals surface area contributed by atoms with Gasteiger partial charge in [0.05, 0.1) is 29.8 Å². The van der Waals surface area contributed by atoms with Gasteiger partial charge in [-0.1, -0.05) is 71.7 Å². The maximum Gasteiger partial charge on any atom is 0.489 e. The average molecular weight is 1360 g/mol. The summed E-state index contributed by atoms with van der Waals surface area (Å²) in [4.78, 5) is 106. The zero-order valence-corrected chi connectivity index (χ0v) is 52.8. The number of fused-ring (bicyclic) bond motifs is 2. The third kappa shape index (κ3) is 14.8. The fourth-order valence-electron chi connectivity index (χ4n) is 10.1. The molecule has 2 aliphatic heterocycles. The van der Waals surface area contributed by atoms with Crippen molar-refractivity contribution in [3.63, 3.8) is 0 Å². The molecule has 30 heteroatoms. The number of carbonyl (C=O) groups excluding carboxylic acids is 6. The second kappa shape index (κ2) is 28.0. The van der Waals surface area contributed by atoms with Crippen molar-refractivity contribution in [2.45, 2.75) is 78.1 Å². The van der Waals surface area contributed by atoms with E-state index in [1.807, 2.05) is 42.5 Å². The number of likely N-dealkylation sites (tertiary alicyclic amines) is 2. The van der Waals surface area contributed by atoms with Gasteiger partial charge >= 0.3 is 7.12 Å². The van der Waals surface area contributed by atoms with Crippen molar-refractivity contribution >= 4 is 142 Å². The highest BCUT2D eigenvalue weighted by Gasteiger charge is 2.42. The molecule has 0 spiro atoms. The summed E-state index contributed by atoms with van der Waals surface area (Å²) < 4.78 is 32.4. The van der Waals surface area contributed by atoms with Crippen LogP contribution in [0, 0.1) is 13.8 Å². The smallest absolute Gasteiger partial charge is 0.423 e. The number of rotatable bonds is 14. The van der Waals surface area contributed by atoms with E-state index in [1.165, 1.54) is 55.7 Å². The lowest BCUT2D eigenvalue weighted by molar-refractivity contribution is -0.137. The van der Waals surface area contributed by atoms with Crippen LogP contribution in [0.5, 0.6) is 0 Å². The molecule has 4 N–H and O–H groups in total. The van der Waals surface area contributed by atoms with Gasteiger partial charge in [-0.3, -0.25) is 38.1 Å². The molecule has 6 aromatic heterocycles. The van der Waals surface area contributed by atoms with E-state index < -0.39 is 55.2 Å². The van der Waals surface area contributed by atoms with Gasteiger partial charge in [-0.2, -0.15) is 10.2 Å². The first-order valence-electron chi connectivity index (χ1n) is 27.6. The highest BCUT2D eigenvalue weighted by atomic mass is 79.9. The molecule has 22 nitrogen and oxygen atoms in total. The van der Waals surface area contributed by atoms with E-state index in [4.69, 9.17) is 33.2 Å². The highest BCUT2D eigenvalue weighted by molar-refractivity contribution is 9.10. The summed E-state index contributed by atoms with van der Waals surface area (Å²) >= 11 is 17.5. The van der Waals surface area contributed by atoms with Crippen molar-refractivity contribution in [2.75, 3.05) is 23.7 Å². The van der Waals surface area contributed by atoms with E-state index in [-0.39, 0.29) is 62.0 Å². The fraction of sp³-hybridized carbons (Fsp3) is 0.233. The molecule has 2 aliphatic rings. The summed E-state index contributed by atoms with van der Waals surface area (Å²) in [5.74, 6) is -1.25. The van der Waals surface area contributed by atoms with Crippen molar-refractivity contribution < 1.29 is 47.6 Å². The second-order valence-corrected chi connectivity index (χ2v) is 24.1. The summed E-state index contributed by atoms with van der Waals surface area (Å²) in [7, 11) is -1.48. The summed E-state index contributed by atoms with van der Waals surface area (Å²) in [6, 6.07) is 22.6. The van der Waals surface area contributed by atoms with Crippen molar-refractivity contribution in [3.8, 4) is 33.5 Å². The number of carbonyl (C=O) groups is 6. The van der Waals surface area contributed by atoms with Gasteiger partial charge in [0, 0.05) is 105 Å². The number of hydrogen-bond acceptors (Lipinski definition) is 18. The molecule has 12 rings (SSSR count). The molecule has 8 heterocycles. The molecule has 10 aromatic rings. The van der Waals surface area contributed by atoms with Gasteiger partial charge in [-0.15, -0.1) is 22.7 Å². The maximum absolute atomic E-state index is 14.6. The SMILES string of the molecule is CC(=O)c1nn(CC(=O)N2C[C@H](F)C[C@H]2C(=O)Nc2nc(-c3ccccc3Cl)cs2)c2ccc(-c3cnc(C)nc3)cc12.CC(=O)c1nn(CC(=O)N2C[C@H](F)C[C@H]2C(=O)Nc2nc(Br)cs2)c2ccc(-c3cnc(C)nc3)cc12.OB(O)c1ccccc1Cl. The molecule has 2 fully saturated rings. The molecule has 0 saturated carbocycles. The van der Waals surface area contributed by atoms with E-state index in [1.54, 1.807) is 91.9 Å². The van der Waals surface area contributed by atoms with Gasteiger partial charge in [0.1, 0.15) is 65.2 Å². The number of amides is 4. The molecular weight excluding hydrogens is 1310 g/mol. The Morgan fingerprint density at radius 3 is 1.49 bits per heavy atom. The molecule has 4 amide bonds. The molecule has 2 saturated heterocycles. The van der Waals surface area contributed by atoms with Crippen molar-refractivity contribution in [2.24, 2.45) is 0 Å². The quantitative estimate of drug-likeness (QED) is 0.0583. The molecule has 0 aliphatic carbocycles. The number of benzene rings is 4. The molecule has 0 radical (unpaired) electrons. The second-order valence-electron chi connectivity index (χ2n) is 20.8. The summed E-state index contributed by atoms with van der Waals surface area (Å²) in [5.41, 5.74) is 6.33. The molecule has 0 unspecified atom stereocenters. The minimum absolute atomic E-state index is 0.106. The Morgan fingerprint density at radius 2 is 1.07 bits per heavy atom. The van der Waals surface area contributed by atoms with E-state index in [0.717, 1.165) is 27.8 Å². The van der Waals surface area contributed by atoms with Gasteiger partial charge in [-0.05, 0) is 77.3 Å². The Bertz CT molecular complexity index is 4370. The summed E-state index contributed by atoms with van der Waals surface area (Å²) in [5, 5.41) is 37.7. The van der Waals surface area contributed by atoms with Crippen LogP contribution in [0.25, 0.3) is 55.3 Å². The number of aromatic nitrogens is 10. The number of alkyl halides is 2. The fourth-order valence-corrected chi connectivity index (χ4v) is 12.4. The predicted octanol–water partition coefficient (Wildman–Crippen LogP) is 9.18. The van der Waals surface area contributed by atoms with Crippen LogP contribution in [0.15, 0.2) is 125 Å². The standard InChI is InChI=1S/C30H25ClFN7O3S.C24H21BrFN7O3S.C6H6BClO2/c1-16(40)28-22-9-18(19-11-33-17(2)34-12-19)7-8-25(22)39(37-28)14-27(41)38-13-20(32)10-26(38)29(42)36-30-35-24(15-43-30)21-5-3-4-6-23(21)31;1-12(34)22-17-5-14(15-7-27-13(2)28-8-15)3-4-18(17)33(31-22)10-21(35)32-9-16(26)6-19(32)23(36)30-24-29-20(25)11-37-24;8-6-4-2-1-3-5(6)7(9)10/h3-9,11-12,15,20,26H,10,13-14H2,1-2H3,(H,35,36,42);3-5,7-8,11,16,19H,6,9-10H2,1-2H3,(H,29,30,36);1-4,9-10H/t20-,26+;16-,19+;/m11./s1. The Balaban J connectivity index is 0.000000173. The van der Waals surface area contributed by atoms with E-state index in [0.29, 0.717) is 69.5 Å². The third-order valence-electron chi connectivity index (χ3n) is 14.5. The largest absolute Gasteiger partial charge is 0.489 e. The average Bonchev–Trinajstić information content (AvgIpc) is 2.05. The topological polar surface area (TPSA) is 286 Å². The Labute approximate surface area is 538 Å². The molecule has 90 heavy (non-hydrogen) atoms. The lowest BCUT2D eigenvalue weighted by atomic mass is 9.80. The van der Waals surface area contributed by atoms with Crippen LogP contribution >= 0.6 is 61.8 Å². The molecule has 460 valence electrons. The minimum Gasteiger partial charge on any atom is -0.423 e.